The summed E-state index contributed by atoms with van der Waals surface area (Å²) in [5.41, 5.74) is 0.597. The molecule has 0 bridgehead atoms. The second-order valence-electron chi connectivity index (χ2n) is 3.99. The van der Waals surface area contributed by atoms with E-state index in [0.717, 1.165) is 0 Å². The summed E-state index contributed by atoms with van der Waals surface area (Å²) in [7, 11) is 0. The normalized spacial score (nSPS) is 22.0. The molecule has 0 N–H and O–H groups in total. The minimum absolute atomic E-state index is 0.139. The van der Waals surface area contributed by atoms with E-state index in [1.54, 1.807) is 0 Å². The van der Waals surface area contributed by atoms with E-state index < -0.39 is 4.92 Å². The highest BCUT2D eigenvalue weighted by molar-refractivity contribution is 5.89. The zero-order valence-corrected chi connectivity index (χ0v) is 9.92. The van der Waals surface area contributed by atoms with Crippen LogP contribution in [0.15, 0.2) is 12.2 Å². The average Bonchev–Trinajstić information content (AvgIpc) is 2.87. The number of rotatable bonds is 3. The van der Waals surface area contributed by atoms with E-state index in [1.807, 2.05) is 0 Å². The van der Waals surface area contributed by atoms with Gasteiger partial charge in [0.2, 0.25) is 6.54 Å². The average molecular weight is 257 g/mol. The molecule has 2 fully saturated rings. The lowest BCUT2D eigenvalue weighted by atomic mass is 10.1. The number of cyclic esters (lactones) is 2. The van der Waals surface area contributed by atoms with Crippen molar-refractivity contribution >= 4 is 11.9 Å². The second-order valence-corrected chi connectivity index (χ2v) is 3.99. The van der Waals surface area contributed by atoms with E-state index in [2.05, 4.69) is 16.1 Å². The van der Waals surface area contributed by atoms with Gasteiger partial charge in [-0.25, -0.2) is 4.79 Å². The lowest BCUT2D eigenvalue weighted by Crippen LogP contribution is -2.12. The molecule has 0 radical (unpaired) electrons. The van der Waals surface area contributed by atoms with Crippen molar-refractivity contribution in [2.45, 2.75) is 19.3 Å². The Labute approximate surface area is 104 Å². The first kappa shape index (κ1) is 14.1. The second kappa shape index (κ2) is 6.73. The highest BCUT2D eigenvalue weighted by Crippen LogP contribution is 2.17. The predicted molar refractivity (Wildman–Crippen MR) is 60.3 cm³/mol. The molecule has 18 heavy (non-hydrogen) atoms. The smallest absolute Gasteiger partial charge is 0.333 e. The zero-order valence-electron chi connectivity index (χ0n) is 9.92. The van der Waals surface area contributed by atoms with Gasteiger partial charge in [0.1, 0.15) is 0 Å². The van der Waals surface area contributed by atoms with Crippen LogP contribution in [0.5, 0.6) is 0 Å². The molecule has 2 saturated heterocycles. The third kappa shape index (κ3) is 4.52. The lowest BCUT2D eigenvalue weighted by molar-refractivity contribution is -0.481. The highest BCUT2D eigenvalue weighted by atomic mass is 16.6. The summed E-state index contributed by atoms with van der Waals surface area (Å²) >= 11 is 0. The summed E-state index contributed by atoms with van der Waals surface area (Å²) in [6, 6.07) is 0. The van der Waals surface area contributed by atoms with Gasteiger partial charge in [0.25, 0.3) is 0 Å². The third-order valence-corrected chi connectivity index (χ3v) is 2.63. The highest BCUT2D eigenvalue weighted by Gasteiger charge is 2.27. The fourth-order valence-electron chi connectivity index (χ4n) is 1.53. The maximum absolute atomic E-state index is 10.7. The van der Waals surface area contributed by atoms with Crippen molar-refractivity contribution < 1.29 is 24.0 Å². The van der Waals surface area contributed by atoms with Crippen molar-refractivity contribution in [1.82, 2.24) is 0 Å². The topological polar surface area (TPSA) is 95.7 Å². The van der Waals surface area contributed by atoms with E-state index in [0.29, 0.717) is 38.0 Å². The first-order valence-electron chi connectivity index (χ1n) is 5.64. The molecule has 1 unspecified atom stereocenters. The number of esters is 2. The Bertz CT molecular complexity index is 351. The molecule has 0 saturated carbocycles. The van der Waals surface area contributed by atoms with E-state index in [4.69, 9.17) is 0 Å². The van der Waals surface area contributed by atoms with Crippen molar-refractivity contribution in [3.05, 3.63) is 22.3 Å². The molecule has 7 nitrogen and oxygen atoms in total. The summed E-state index contributed by atoms with van der Waals surface area (Å²) in [4.78, 5) is 30.5. The van der Waals surface area contributed by atoms with E-state index in [1.165, 1.54) is 0 Å². The Hall–Kier alpha value is -1.92. The molecule has 2 aliphatic rings. The summed E-state index contributed by atoms with van der Waals surface area (Å²) in [5.74, 6) is -0.757. The van der Waals surface area contributed by atoms with Crippen LogP contribution in [0.3, 0.4) is 0 Å². The van der Waals surface area contributed by atoms with Crippen LogP contribution < -0.4 is 0 Å². The van der Waals surface area contributed by atoms with Crippen LogP contribution in [0.2, 0.25) is 0 Å². The van der Waals surface area contributed by atoms with Gasteiger partial charge in [0.15, 0.2) is 0 Å². The van der Waals surface area contributed by atoms with Crippen LogP contribution in [-0.2, 0) is 19.1 Å². The SMILES string of the molecule is C=C1CCOC1=O.O=C1OCCC1CC[N+](=O)[O-]. The number of nitro groups is 1. The van der Waals surface area contributed by atoms with Crippen LogP contribution in [0.1, 0.15) is 19.3 Å². The van der Waals surface area contributed by atoms with Crippen molar-refractivity contribution in [3.8, 4) is 0 Å². The maximum atomic E-state index is 10.7. The molecule has 2 aliphatic heterocycles. The van der Waals surface area contributed by atoms with Crippen molar-refractivity contribution in [1.29, 1.82) is 0 Å². The van der Waals surface area contributed by atoms with Crippen molar-refractivity contribution in [3.63, 3.8) is 0 Å². The first-order chi connectivity index (χ1) is 8.50. The first-order valence-corrected chi connectivity index (χ1v) is 5.64. The van der Waals surface area contributed by atoms with Crippen LogP contribution in [0.4, 0.5) is 0 Å². The summed E-state index contributed by atoms with van der Waals surface area (Å²) in [6.45, 7) is 4.26. The Morgan fingerprint density at radius 1 is 1.33 bits per heavy atom. The van der Waals surface area contributed by atoms with Gasteiger partial charge >= 0.3 is 11.9 Å². The van der Waals surface area contributed by atoms with Crippen LogP contribution in [0.25, 0.3) is 0 Å². The molecule has 2 rings (SSSR count). The third-order valence-electron chi connectivity index (χ3n) is 2.63. The summed E-state index contributed by atoms with van der Waals surface area (Å²) < 4.78 is 9.16. The largest absolute Gasteiger partial charge is 0.465 e. The van der Waals surface area contributed by atoms with Gasteiger partial charge in [0, 0.05) is 23.3 Å². The monoisotopic (exact) mass is 257 g/mol. The number of carbonyl (C=O) groups excluding carboxylic acids is 2. The van der Waals surface area contributed by atoms with Gasteiger partial charge in [-0.15, -0.1) is 0 Å². The molecule has 0 aromatic carbocycles. The van der Waals surface area contributed by atoms with Gasteiger partial charge in [0.05, 0.1) is 19.1 Å². The summed E-state index contributed by atoms with van der Waals surface area (Å²) in [6.07, 6.45) is 1.65. The van der Waals surface area contributed by atoms with Gasteiger partial charge in [-0.05, 0) is 6.42 Å². The maximum Gasteiger partial charge on any atom is 0.333 e. The number of hydrogen-bond acceptors (Lipinski definition) is 6. The molecular formula is C11H15NO6. The Morgan fingerprint density at radius 2 is 2.06 bits per heavy atom. The van der Waals surface area contributed by atoms with Crippen molar-refractivity contribution in [2.24, 2.45) is 5.92 Å². The van der Waals surface area contributed by atoms with E-state index >= 15 is 0 Å². The molecule has 0 aromatic rings. The molecule has 7 heteroatoms. The molecule has 0 aromatic heterocycles. The minimum atomic E-state index is -0.411. The van der Waals surface area contributed by atoms with Gasteiger partial charge < -0.3 is 9.47 Å². The van der Waals surface area contributed by atoms with E-state index in [9.17, 15) is 19.7 Å². The van der Waals surface area contributed by atoms with Crippen LogP contribution in [-0.4, -0.2) is 36.6 Å². The van der Waals surface area contributed by atoms with Crippen LogP contribution >= 0.6 is 0 Å². The standard InChI is InChI=1S/C6H9NO4.C5H6O2/c8-6-5(2-4-11-6)1-3-7(9)10;1-4-2-3-7-5(4)6/h5H,1-4H2;1-3H2. The zero-order chi connectivity index (χ0) is 13.5. The van der Waals surface area contributed by atoms with Crippen LogP contribution in [0, 0.1) is 16.0 Å². The summed E-state index contributed by atoms with van der Waals surface area (Å²) in [5, 5.41) is 9.92. The molecule has 0 amide bonds. The van der Waals surface area contributed by atoms with Gasteiger partial charge in [-0.1, -0.05) is 6.58 Å². The molecule has 1 atom stereocenters. The fourth-order valence-corrected chi connectivity index (χ4v) is 1.53. The van der Waals surface area contributed by atoms with Gasteiger partial charge in [-0.3, -0.25) is 14.9 Å². The number of carbonyl (C=O) groups is 2. The number of hydrogen-bond donors (Lipinski definition) is 0. The molecule has 100 valence electrons. The Kier molecular flexibility index (Phi) is 5.29. The molecular weight excluding hydrogens is 242 g/mol. The Morgan fingerprint density at radius 3 is 2.39 bits per heavy atom. The minimum Gasteiger partial charge on any atom is -0.465 e. The predicted octanol–water partition coefficient (Wildman–Crippen LogP) is 0.706. The van der Waals surface area contributed by atoms with Gasteiger partial charge in [-0.2, -0.15) is 0 Å². The molecule has 2 heterocycles. The molecule has 0 spiro atoms. The fraction of sp³-hybridized carbons (Fsp3) is 0.636. The number of ether oxygens (including phenoxy) is 2. The Balaban J connectivity index is 0.000000199. The molecule has 0 aliphatic carbocycles. The van der Waals surface area contributed by atoms with Crippen molar-refractivity contribution in [2.75, 3.05) is 19.8 Å². The number of nitrogens with zero attached hydrogens (tertiary/aromatic N) is 1. The quantitative estimate of drug-likeness (QED) is 0.319. The van der Waals surface area contributed by atoms with E-state index in [-0.39, 0.29) is 24.4 Å². The lowest BCUT2D eigenvalue weighted by Gasteiger charge is -1.98.